The molecule has 0 aliphatic carbocycles. The summed E-state index contributed by atoms with van der Waals surface area (Å²) < 4.78 is 1.21. The number of aromatic nitrogens is 1. The molecule has 0 radical (unpaired) electrons. The number of rotatable bonds is 3. The van der Waals surface area contributed by atoms with Crippen molar-refractivity contribution < 1.29 is 14.7 Å². The normalized spacial score (nSPS) is 17.4. The van der Waals surface area contributed by atoms with E-state index < -0.39 is 17.4 Å². The summed E-state index contributed by atoms with van der Waals surface area (Å²) in [7, 11) is 1.49. The molecule has 7 heteroatoms. The zero-order chi connectivity index (χ0) is 14.8. The van der Waals surface area contributed by atoms with E-state index in [0.717, 1.165) is 0 Å². The first-order valence-electron chi connectivity index (χ1n) is 6.26. The van der Waals surface area contributed by atoms with Crippen molar-refractivity contribution >= 4 is 23.6 Å². The van der Waals surface area contributed by atoms with E-state index in [1.807, 2.05) is 0 Å². The van der Waals surface area contributed by atoms with E-state index >= 15 is 0 Å². The van der Waals surface area contributed by atoms with Gasteiger partial charge in [-0.15, -0.1) is 0 Å². The highest BCUT2D eigenvalue weighted by Gasteiger charge is 2.41. The van der Waals surface area contributed by atoms with Crippen molar-refractivity contribution in [3.8, 4) is 0 Å². The monoisotopic (exact) mass is 296 g/mol. The van der Waals surface area contributed by atoms with E-state index in [9.17, 15) is 19.5 Å². The number of carboxylic acids is 1. The topological polar surface area (TPSA) is 88.4 Å². The summed E-state index contributed by atoms with van der Waals surface area (Å²) in [6.07, 6.45) is 0.777. The fraction of sp³-hybridized carbons (Fsp3) is 0.462. The van der Waals surface area contributed by atoms with Crippen molar-refractivity contribution in [1.82, 2.24) is 9.88 Å². The fourth-order valence-corrected chi connectivity index (χ4v) is 3.38. The van der Waals surface area contributed by atoms with Gasteiger partial charge in [-0.05, 0) is 30.4 Å². The van der Waals surface area contributed by atoms with Crippen LogP contribution in [0.1, 0.15) is 23.3 Å². The number of carbonyl (C=O) groups is 2. The average molecular weight is 296 g/mol. The molecular weight excluding hydrogens is 280 g/mol. The number of carbonyl (C=O) groups excluding carboxylic acids is 1. The fourth-order valence-electron chi connectivity index (χ4n) is 2.19. The molecule has 0 aromatic carbocycles. The molecule has 20 heavy (non-hydrogen) atoms. The van der Waals surface area contributed by atoms with E-state index in [-0.39, 0.29) is 11.3 Å². The lowest BCUT2D eigenvalue weighted by molar-refractivity contribution is -0.144. The van der Waals surface area contributed by atoms with Gasteiger partial charge >= 0.3 is 5.97 Å². The Hall–Kier alpha value is -1.76. The molecular formula is C13H16N2O4S. The van der Waals surface area contributed by atoms with Gasteiger partial charge in [0.25, 0.3) is 11.5 Å². The second-order valence-corrected chi connectivity index (χ2v) is 5.99. The number of aliphatic carboxylic acids is 1. The second-order valence-electron chi connectivity index (χ2n) is 4.76. The Bertz CT molecular complexity index is 590. The molecule has 1 amide bonds. The maximum atomic E-state index is 12.3. The summed E-state index contributed by atoms with van der Waals surface area (Å²) in [4.78, 5) is 35.3. The molecule has 0 saturated carbocycles. The lowest BCUT2D eigenvalue weighted by Crippen LogP contribution is -2.57. The highest BCUT2D eigenvalue weighted by Crippen LogP contribution is 2.27. The van der Waals surface area contributed by atoms with E-state index in [4.69, 9.17) is 0 Å². The van der Waals surface area contributed by atoms with E-state index in [2.05, 4.69) is 5.32 Å². The number of pyridine rings is 1. The Balaban J connectivity index is 2.27. The van der Waals surface area contributed by atoms with Crippen LogP contribution in [0.25, 0.3) is 0 Å². The molecule has 1 saturated heterocycles. The maximum Gasteiger partial charge on any atom is 0.329 e. The zero-order valence-corrected chi connectivity index (χ0v) is 11.9. The highest BCUT2D eigenvalue weighted by atomic mass is 32.2. The molecule has 1 aliphatic rings. The smallest absolute Gasteiger partial charge is 0.329 e. The van der Waals surface area contributed by atoms with Gasteiger partial charge in [0.05, 0.1) is 0 Å². The standard InChI is InChI=1S/C13H16N2O4S/c1-15-9(3-2-4-10(15)16)11(17)14-13(12(18)19)5-7-20-8-6-13/h2-4H,5-8H2,1H3,(H,14,17)(H,18,19). The summed E-state index contributed by atoms with van der Waals surface area (Å²) in [5.74, 6) is -0.160. The van der Waals surface area contributed by atoms with Crippen molar-refractivity contribution in [1.29, 1.82) is 0 Å². The van der Waals surface area contributed by atoms with Crippen LogP contribution in [-0.4, -0.2) is 38.6 Å². The van der Waals surface area contributed by atoms with Crippen molar-refractivity contribution in [3.05, 3.63) is 34.2 Å². The van der Waals surface area contributed by atoms with Crippen LogP contribution in [-0.2, 0) is 11.8 Å². The summed E-state index contributed by atoms with van der Waals surface area (Å²) >= 11 is 1.67. The van der Waals surface area contributed by atoms with Gasteiger partial charge in [0, 0.05) is 13.1 Å². The molecule has 0 spiro atoms. The van der Waals surface area contributed by atoms with Gasteiger partial charge in [-0.1, -0.05) is 6.07 Å². The van der Waals surface area contributed by atoms with E-state index in [0.29, 0.717) is 24.3 Å². The van der Waals surface area contributed by atoms with E-state index in [1.165, 1.54) is 29.8 Å². The molecule has 108 valence electrons. The molecule has 0 unspecified atom stereocenters. The summed E-state index contributed by atoms with van der Waals surface area (Å²) in [6, 6.07) is 4.34. The SMILES string of the molecule is Cn1c(C(=O)NC2(C(=O)O)CCSCC2)cccc1=O. The second kappa shape index (κ2) is 5.70. The molecule has 1 aromatic rings. The zero-order valence-electron chi connectivity index (χ0n) is 11.1. The van der Waals surface area contributed by atoms with E-state index in [1.54, 1.807) is 11.8 Å². The predicted molar refractivity (Wildman–Crippen MR) is 76.1 cm³/mol. The van der Waals surface area contributed by atoms with Crippen LogP contribution in [0, 0.1) is 0 Å². The molecule has 1 fully saturated rings. The third-order valence-corrected chi connectivity index (χ3v) is 4.51. The number of carboxylic acid groups (broad SMARTS) is 1. The van der Waals surface area contributed by atoms with Crippen LogP contribution in [0.2, 0.25) is 0 Å². The molecule has 0 atom stereocenters. The summed E-state index contributed by atoms with van der Waals surface area (Å²) in [5.41, 5.74) is -1.37. The molecule has 1 aromatic heterocycles. The minimum absolute atomic E-state index is 0.163. The Morgan fingerprint density at radius 2 is 2.00 bits per heavy atom. The first-order chi connectivity index (χ1) is 9.46. The van der Waals surface area contributed by atoms with Gasteiger partial charge in [0.2, 0.25) is 0 Å². The van der Waals surface area contributed by atoms with Gasteiger partial charge in [-0.3, -0.25) is 9.59 Å². The number of nitrogens with zero attached hydrogens (tertiary/aromatic N) is 1. The minimum atomic E-state index is -1.23. The third-order valence-electron chi connectivity index (χ3n) is 3.53. The quantitative estimate of drug-likeness (QED) is 0.846. The van der Waals surface area contributed by atoms with Gasteiger partial charge in [-0.25, -0.2) is 4.79 Å². The average Bonchev–Trinajstić information content (AvgIpc) is 2.42. The van der Waals surface area contributed by atoms with Crippen molar-refractivity contribution in [2.75, 3.05) is 11.5 Å². The number of thioether (sulfide) groups is 1. The van der Waals surface area contributed by atoms with Crippen LogP contribution in [0.15, 0.2) is 23.0 Å². The first kappa shape index (κ1) is 14.6. The number of nitrogens with one attached hydrogen (secondary N) is 1. The van der Waals surface area contributed by atoms with Gasteiger partial charge in [0.15, 0.2) is 0 Å². The summed E-state index contributed by atoms with van der Waals surface area (Å²) in [5, 5.41) is 12.0. The molecule has 0 bridgehead atoms. The van der Waals surface area contributed by atoms with Gasteiger partial charge < -0.3 is 15.0 Å². The van der Waals surface area contributed by atoms with Crippen molar-refractivity contribution in [2.24, 2.45) is 7.05 Å². The van der Waals surface area contributed by atoms with Crippen LogP contribution in [0.5, 0.6) is 0 Å². The molecule has 2 heterocycles. The lowest BCUT2D eigenvalue weighted by atomic mass is 9.92. The summed E-state index contributed by atoms with van der Waals surface area (Å²) in [6.45, 7) is 0. The predicted octanol–water partition coefficient (Wildman–Crippen LogP) is 0.465. The largest absolute Gasteiger partial charge is 0.480 e. The van der Waals surface area contributed by atoms with Crippen molar-refractivity contribution in [2.45, 2.75) is 18.4 Å². The van der Waals surface area contributed by atoms with Crippen molar-refractivity contribution in [3.63, 3.8) is 0 Å². The number of amides is 1. The van der Waals surface area contributed by atoms with Gasteiger partial charge in [0.1, 0.15) is 11.2 Å². The van der Waals surface area contributed by atoms with Crippen LogP contribution < -0.4 is 10.9 Å². The van der Waals surface area contributed by atoms with Crippen LogP contribution in [0.4, 0.5) is 0 Å². The highest BCUT2D eigenvalue weighted by molar-refractivity contribution is 7.99. The van der Waals surface area contributed by atoms with Crippen LogP contribution >= 0.6 is 11.8 Å². The lowest BCUT2D eigenvalue weighted by Gasteiger charge is -2.33. The number of hydrogen-bond donors (Lipinski definition) is 2. The molecule has 2 N–H and O–H groups in total. The minimum Gasteiger partial charge on any atom is -0.480 e. The molecule has 2 rings (SSSR count). The molecule has 1 aliphatic heterocycles. The Morgan fingerprint density at radius 3 is 2.60 bits per heavy atom. The van der Waals surface area contributed by atoms with Crippen LogP contribution in [0.3, 0.4) is 0 Å². The third kappa shape index (κ3) is 2.72. The Labute approximate surface area is 120 Å². The Morgan fingerprint density at radius 1 is 1.35 bits per heavy atom. The maximum absolute atomic E-state index is 12.3. The van der Waals surface area contributed by atoms with Gasteiger partial charge in [-0.2, -0.15) is 11.8 Å². The molecule has 6 nitrogen and oxygen atoms in total. The first-order valence-corrected chi connectivity index (χ1v) is 7.41. The Kier molecular flexibility index (Phi) is 4.17. The number of hydrogen-bond acceptors (Lipinski definition) is 4.